The number of benzene rings is 1. The van der Waals surface area contributed by atoms with Crippen LogP contribution in [0.2, 0.25) is 0 Å². The maximum Gasteiger partial charge on any atom is 0.243 e. The van der Waals surface area contributed by atoms with Crippen LogP contribution < -0.4 is 5.32 Å². The topological polar surface area (TPSA) is 111 Å². The van der Waals surface area contributed by atoms with Gasteiger partial charge in [-0.3, -0.25) is 9.48 Å². The number of nitrogens with one attached hydrogen (secondary N) is 1. The highest BCUT2D eigenvalue weighted by Gasteiger charge is 2.27. The normalized spacial score (nSPS) is 15.5. The van der Waals surface area contributed by atoms with Crippen molar-refractivity contribution in [3.8, 4) is 0 Å². The largest absolute Gasteiger partial charge is 0.379 e. The number of sulfonamides is 1. The van der Waals surface area contributed by atoms with Gasteiger partial charge in [-0.2, -0.15) is 9.40 Å². The van der Waals surface area contributed by atoms with Crippen LogP contribution in [0.15, 0.2) is 35.5 Å². The Labute approximate surface area is 174 Å². The van der Waals surface area contributed by atoms with E-state index in [2.05, 4.69) is 15.4 Å². The van der Waals surface area contributed by atoms with E-state index in [1.54, 1.807) is 42.3 Å². The molecule has 1 fully saturated rings. The molecule has 0 atom stereocenters. The Balaban J connectivity index is 1.50. The van der Waals surface area contributed by atoms with Gasteiger partial charge in [-0.15, -0.1) is 0 Å². The SMILES string of the molecule is Cn1cc(NC(=O)CCc2nc3cc(S(=O)(=O)N4CCOCC4)ccc3n2C)cn1. The number of fused-ring (bicyclic) bond motifs is 1. The first kappa shape index (κ1) is 20.5. The minimum absolute atomic E-state index is 0.134. The second-order valence-electron chi connectivity index (χ2n) is 7.20. The molecule has 10 nitrogen and oxygen atoms in total. The van der Waals surface area contributed by atoms with E-state index >= 15 is 0 Å². The van der Waals surface area contributed by atoms with E-state index < -0.39 is 10.0 Å². The number of anilines is 1. The van der Waals surface area contributed by atoms with E-state index in [1.165, 1.54) is 4.31 Å². The van der Waals surface area contributed by atoms with Crippen LogP contribution in [0.5, 0.6) is 0 Å². The van der Waals surface area contributed by atoms with E-state index in [0.717, 1.165) is 5.52 Å². The van der Waals surface area contributed by atoms with Crippen LogP contribution in [0.3, 0.4) is 0 Å². The molecular formula is C19H24N6O4S. The third kappa shape index (κ3) is 4.09. The molecule has 160 valence electrons. The molecule has 3 heterocycles. The number of carbonyl (C=O) groups excluding carboxylic acids is 1. The van der Waals surface area contributed by atoms with Crippen LogP contribution in [-0.2, 0) is 40.1 Å². The van der Waals surface area contributed by atoms with Gasteiger partial charge in [0.05, 0.1) is 41.0 Å². The number of rotatable bonds is 6. The Morgan fingerprint density at radius 1 is 1.23 bits per heavy atom. The molecule has 1 aliphatic heterocycles. The third-order valence-electron chi connectivity index (χ3n) is 5.12. The average Bonchev–Trinajstić information content (AvgIpc) is 3.29. The molecule has 1 saturated heterocycles. The number of hydrogen-bond donors (Lipinski definition) is 1. The highest BCUT2D eigenvalue weighted by molar-refractivity contribution is 7.89. The Kier molecular flexibility index (Phi) is 5.58. The summed E-state index contributed by atoms with van der Waals surface area (Å²) in [4.78, 5) is 17.0. The fourth-order valence-corrected chi connectivity index (χ4v) is 4.91. The van der Waals surface area contributed by atoms with Crippen LogP contribution in [0, 0.1) is 0 Å². The van der Waals surface area contributed by atoms with Crippen molar-refractivity contribution >= 4 is 32.7 Å². The molecule has 4 rings (SSSR count). The van der Waals surface area contributed by atoms with Crippen molar-refractivity contribution in [1.82, 2.24) is 23.6 Å². The summed E-state index contributed by atoms with van der Waals surface area (Å²) in [7, 11) is 0.0580. The Hall–Kier alpha value is -2.76. The van der Waals surface area contributed by atoms with E-state index in [1.807, 2.05) is 11.6 Å². The van der Waals surface area contributed by atoms with Gasteiger partial charge in [0.15, 0.2) is 0 Å². The van der Waals surface area contributed by atoms with Crippen molar-refractivity contribution in [1.29, 1.82) is 0 Å². The lowest BCUT2D eigenvalue weighted by Gasteiger charge is -2.26. The van der Waals surface area contributed by atoms with Gasteiger partial charge in [-0.25, -0.2) is 13.4 Å². The van der Waals surface area contributed by atoms with Crippen LogP contribution in [0.25, 0.3) is 11.0 Å². The zero-order valence-electron chi connectivity index (χ0n) is 16.9. The molecule has 1 amide bonds. The molecule has 0 saturated carbocycles. The number of aromatic nitrogens is 4. The zero-order chi connectivity index (χ0) is 21.3. The molecule has 30 heavy (non-hydrogen) atoms. The van der Waals surface area contributed by atoms with Gasteiger partial charge in [0.1, 0.15) is 5.82 Å². The van der Waals surface area contributed by atoms with Gasteiger partial charge in [-0.1, -0.05) is 0 Å². The summed E-state index contributed by atoms with van der Waals surface area (Å²) in [6.45, 7) is 1.49. The number of carbonyl (C=O) groups is 1. The van der Waals surface area contributed by atoms with E-state index in [0.29, 0.717) is 49.8 Å². The van der Waals surface area contributed by atoms with Crippen molar-refractivity contribution in [2.75, 3.05) is 31.6 Å². The lowest BCUT2D eigenvalue weighted by Crippen LogP contribution is -2.40. The number of hydrogen-bond acceptors (Lipinski definition) is 6. The van der Waals surface area contributed by atoms with Crippen molar-refractivity contribution < 1.29 is 17.9 Å². The lowest BCUT2D eigenvalue weighted by atomic mass is 10.3. The van der Waals surface area contributed by atoms with Gasteiger partial charge in [0, 0.05) is 46.2 Å². The fourth-order valence-electron chi connectivity index (χ4n) is 3.48. The highest BCUT2D eigenvalue weighted by atomic mass is 32.2. The molecule has 3 aromatic rings. The molecule has 0 unspecified atom stereocenters. The standard InChI is InChI=1S/C19H24N6O4S/c1-23-13-14(12-20-23)21-19(26)6-5-18-22-16-11-15(3-4-17(16)24(18)2)30(27,28)25-7-9-29-10-8-25/h3-4,11-13H,5-10H2,1-2H3,(H,21,26). The molecule has 2 aromatic heterocycles. The number of imidazole rings is 1. The van der Waals surface area contributed by atoms with Gasteiger partial charge in [-0.05, 0) is 18.2 Å². The fraction of sp³-hybridized carbons (Fsp3) is 0.421. The highest BCUT2D eigenvalue weighted by Crippen LogP contribution is 2.23. The molecule has 0 bridgehead atoms. The first-order valence-electron chi connectivity index (χ1n) is 9.66. The predicted octanol–water partition coefficient (Wildman–Crippen LogP) is 0.899. The summed E-state index contributed by atoms with van der Waals surface area (Å²) in [5.41, 5.74) is 2.05. The number of ether oxygens (including phenoxy) is 1. The summed E-state index contributed by atoms with van der Waals surface area (Å²) in [6, 6.07) is 4.96. The third-order valence-corrected chi connectivity index (χ3v) is 7.01. The maximum absolute atomic E-state index is 12.9. The van der Waals surface area contributed by atoms with Crippen LogP contribution in [-0.4, -0.2) is 64.3 Å². The molecular weight excluding hydrogens is 408 g/mol. The monoisotopic (exact) mass is 432 g/mol. The quantitative estimate of drug-likeness (QED) is 0.620. The van der Waals surface area contributed by atoms with Crippen LogP contribution in [0.4, 0.5) is 5.69 Å². The molecule has 0 spiro atoms. The molecule has 1 N–H and O–H groups in total. The minimum atomic E-state index is -3.58. The molecule has 1 aliphatic rings. The van der Waals surface area contributed by atoms with Crippen LogP contribution >= 0.6 is 0 Å². The van der Waals surface area contributed by atoms with Gasteiger partial charge >= 0.3 is 0 Å². The van der Waals surface area contributed by atoms with E-state index in [-0.39, 0.29) is 17.2 Å². The van der Waals surface area contributed by atoms with Gasteiger partial charge < -0.3 is 14.6 Å². The van der Waals surface area contributed by atoms with E-state index in [9.17, 15) is 13.2 Å². The number of aryl methyl sites for hydroxylation is 3. The number of nitrogens with zero attached hydrogens (tertiary/aromatic N) is 5. The Morgan fingerprint density at radius 3 is 2.70 bits per heavy atom. The van der Waals surface area contributed by atoms with Crippen molar-refractivity contribution in [3.63, 3.8) is 0 Å². The van der Waals surface area contributed by atoms with Crippen molar-refractivity contribution in [2.45, 2.75) is 17.7 Å². The Bertz CT molecular complexity index is 1180. The summed E-state index contributed by atoms with van der Waals surface area (Å²) >= 11 is 0. The van der Waals surface area contributed by atoms with Crippen molar-refractivity contribution in [2.24, 2.45) is 14.1 Å². The van der Waals surface area contributed by atoms with E-state index in [4.69, 9.17) is 4.74 Å². The maximum atomic E-state index is 12.9. The summed E-state index contributed by atoms with van der Waals surface area (Å²) in [6.07, 6.45) is 4.00. The number of morpholine rings is 1. The average molecular weight is 433 g/mol. The first-order valence-corrected chi connectivity index (χ1v) is 11.1. The summed E-state index contributed by atoms with van der Waals surface area (Å²) in [5.74, 6) is 0.581. The smallest absolute Gasteiger partial charge is 0.243 e. The van der Waals surface area contributed by atoms with Crippen LogP contribution in [0.1, 0.15) is 12.2 Å². The zero-order valence-corrected chi connectivity index (χ0v) is 17.7. The van der Waals surface area contributed by atoms with Crippen molar-refractivity contribution in [3.05, 3.63) is 36.4 Å². The summed E-state index contributed by atoms with van der Waals surface area (Å²) in [5, 5.41) is 6.82. The molecule has 1 aromatic carbocycles. The van der Waals surface area contributed by atoms with Gasteiger partial charge in [0.2, 0.25) is 15.9 Å². The first-order chi connectivity index (χ1) is 14.3. The second kappa shape index (κ2) is 8.17. The second-order valence-corrected chi connectivity index (χ2v) is 9.14. The predicted molar refractivity (Wildman–Crippen MR) is 110 cm³/mol. The molecule has 0 radical (unpaired) electrons. The summed E-state index contributed by atoms with van der Waals surface area (Å²) < 4.78 is 36.0. The molecule has 0 aliphatic carbocycles. The Morgan fingerprint density at radius 2 is 2.00 bits per heavy atom. The molecule has 11 heteroatoms. The lowest BCUT2D eigenvalue weighted by molar-refractivity contribution is -0.116. The van der Waals surface area contributed by atoms with Gasteiger partial charge in [0.25, 0.3) is 0 Å². The minimum Gasteiger partial charge on any atom is -0.379 e. The number of amides is 1.